The molecule has 0 N–H and O–H groups in total. The summed E-state index contributed by atoms with van der Waals surface area (Å²) in [4.78, 5) is 23.2. The highest BCUT2D eigenvalue weighted by Gasteiger charge is 2.26. The van der Waals surface area contributed by atoms with Crippen molar-refractivity contribution in [3.63, 3.8) is 0 Å². The summed E-state index contributed by atoms with van der Waals surface area (Å²) in [6.07, 6.45) is 1.67. The van der Waals surface area contributed by atoms with E-state index < -0.39 is 12.2 Å². The molecule has 94 valence electrons. The molecule has 18 heavy (non-hydrogen) atoms. The summed E-state index contributed by atoms with van der Waals surface area (Å²) < 4.78 is 9.23. The van der Waals surface area contributed by atoms with Crippen LogP contribution in [0.25, 0.3) is 12.4 Å². The minimum absolute atomic E-state index is 0.675. The number of methoxy groups -OCH3 is 2. The molecule has 6 heteroatoms. The van der Waals surface area contributed by atoms with E-state index in [2.05, 4.69) is 9.47 Å². The summed E-state index contributed by atoms with van der Waals surface area (Å²) >= 11 is 0. The Bertz CT molecular complexity index is 543. The van der Waals surface area contributed by atoms with Crippen molar-refractivity contribution < 1.29 is 19.1 Å². The second-order valence-corrected chi connectivity index (χ2v) is 3.52. The number of benzene rings is 1. The van der Waals surface area contributed by atoms with E-state index in [-0.39, 0.29) is 0 Å². The van der Waals surface area contributed by atoms with E-state index in [9.17, 15) is 9.59 Å². The van der Waals surface area contributed by atoms with Gasteiger partial charge in [0.25, 0.3) is 0 Å². The van der Waals surface area contributed by atoms with Crippen LogP contribution in [0.5, 0.6) is 0 Å². The molecule has 0 aliphatic carbocycles. The van der Waals surface area contributed by atoms with Gasteiger partial charge in [-0.1, -0.05) is 24.3 Å². The van der Waals surface area contributed by atoms with Gasteiger partial charge in [0, 0.05) is 22.8 Å². The molecular formula is C12H12N2O4. The van der Waals surface area contributed by atoms with Crippen LogP contribution >= 0.6 is 0 Å². The number of hydrogen-bond donors (Lipinski definition) is 0. The fourth-order valence-electron chi connectivity index (χ4n) is 1.60. The monoisotopic (exact) mass is 248 g/mol. The van der Waals surface area contributed by atoms with Crippen LogP contribution in [0.2, 0.25) is 0 Å². The predicted molar refractivity (Wildman–Crippen MR) is 63.1 cm³/mol. The highest BCUT2D eigenvalue weighted by atomic mass is 16.6. The summed E-state index contributed by atoms with van der Waals surface area (Å²) in [7, 11) is 2.48. The van der Waals surface area contributed by atoms with Crippen molar-refractivity contribution in [2.24, 2.45) is 0 Å². The van der Waals surface area contributed by atoms with E-state index in [1.807, 2.05) is 24.3 Å². The number of ether oxygens (including phenoxy) is 2. The van der Waals surface area contributed by atoms with Crippen molar-refractivity contribution in [3.05, 3.63) is 34.7 Å². The first-order valence-electron chi connectivity index (χ1n) is 5.20. The summed E-state index contributed by atoms with van der Waals surface area (Å²) in [6.45, 7) is 0. The molecule has 2 amide bonds. The van der Waals surface area contributed by atoms with Gasteiger partial charge in [-0.2, -0.15) is 10.0 Å². The molecule has 1 aliphatic rings. The zero-order chi connectivity index (χ0) is 13.1. The number of rotatable bonds is 0. The average molecular weight is 248 g/mol. The lowest BCUT2D eigenvalue weighted by Crippen LogP contribution is -2.49. The lowest BCUT2D eigenvalue weighted by atomic mass is 10.2. The van der Waals surface area contributed by atoms with Gasteiger partial charge in [-0.15, -0.1) is 0 Å². The summed E-state index contributed by atoms with van der Waals surface area (Å²) in [5, 5.41) is 3.72. The maximum Gasteiger partial charge on any atom is 0.433 e. The Labute approximate surface area is 103 Å². The zero-order valence-electron chi connectivity index (χ0n) is 9.99. The van der Waals surface area contributed by atoms with Gasteiger partial charge in [0.05, 0.1) is 14.2 Å². The molecule has 0 atom stereocenters. The first-order chi connectivity index (χ1) is 8.67. The number of carbonyl (C=O) groups excluding carboxylic acids is 2. The van der Waals surface area contributed by atoms with Gasteiger partial charge in [0.15, 0.2) is 0 Å². The maximum absolute atomic E-state index is 11.6. The van der Waals surface area contributed by atoms with Crippen LogP contribution in [-0.2, 0) is 9.47 Å². The molecule has 6 nitrogen and oxygen atoms in total. The SMILES string of the molecule is COC(=O)N1C=c2ccccc2=CN1C(=O)OC. The van der Waals surface area contributed by atoms with Gasteiger partial charge in [-0.3, -0.25) is 0 Å². The van der Waals surface area contributed by atoms with Crippen LogP contribution in [0.1, 0.15) is 0 Å². The topological polar surface area (TPSA) is 59.1 Å². The summed E-state index contributed by atoms with van der Waals surface area (Å²) in [5.74, 6) is 0. The van der Waals surface area contributed by atoms with E-state index in [0.29, 0.717) is 0 Å². The van der Waals surface area contributed by atoms with Gasteiger partial charge in [0.1, 0.15) is 0 Å². The van der Waals surface area contributed by atoms with Gasteiger partial charge in [-0.05, 0) is 0 Å². The first kappa shape index (κ1) is 12.0. The normalized spacial score (nSPS) is 13.0. The van der Waals surface area contributed by atoms with Crippen molar-refractivity contribution >= 4 is 24.6 Å². The van der Waals surface area contributed by atoms with Crippen molar-refractivity contribution in [1.29, 1.82) is 0 Å². The van der Waals surface area contributed by atoms with Crippen molar-refractivity contribution in [3.8, 4) is 0 Å². The van der Waals surface area contributed by atoms with Crippen LogP contribution in [0.15, 0.2) is 24.3 Å². The van der Waals surface area contributed by atoms with Crippen molar-refractivity contribution in [2.45, 2.75) is 0 Å². The molecule has 0 saturated carbocycles. The molecule has 0 aromatic heterocycles. The lowest BCUT2D eigenvalue weighted by molar-refractivity contribution is 0.0611. The Morgan fingerprint density at radius 3 is 1.61 bits per heavy atom. The third-order valence-electron chi connectivity index (χ3n) is 2.47. The molecule has 0 spiro atoms. The van der Waals surface area contributed by atoms with Gasteiger partial charge >= 0.3 is 12.2 Å². The Kier molecular flexibility index (Phi) is 3.18. The highest BCUT2D eigenvalue weighted by molar-refractivity contribution is 5.81. The van der Waals surface area contributed by atoms with Crippen LogP contribution < -0.4 is 10.4 Å². The molecular weight excluding hydrogens is 236 g/mol. The van der Waals surface area contributed by atoms with Crippen molar-refractivity contribution in [2.75, 3.05) is 14.2 Å². The number of fused-ring (bicyclic) bond motifs is 1. The number of amides is 2. The second kappa shape index (κ2) is 4.79. The molecule has 1 aliphatic heterocycles. The Morgan fingerprint density at radius 2 is 1.28 bits per heavy atom. The number of nitrogens with zero attached hydrogens (tertiary/aromatic N) is 2. The quantitative estimate of drug-likeness (QED) is 0.659. The number of carbonyl (C=O) groups is 2. The predicted octanol–water partition coefficient (Wildman–Crippen LogP) is 0.228. The van der Waals surface area contributed by atoms with E-state index >= 15 is 0 Å². The standard InChI is InChI=1S/C12H12N2O4/c1-17-11(15)13-7-9-5-3-4-6-10(9)8-14(13)12(16)18-2/h3-8H,1-2H3. The second-order valence-electron chi connectivity index (χ2n) is 3.52. The third kappa shape index (κ3) is 2.00. The summed E-state index contributed by atoms with van der Waals surface area (Å²) in [6, 6.07) is 7.34. The largest absolute Gasteiger partial charge is 0.451 e. The molecule has 0 fully saturated rings. The molecule has 2 rings (SSSR count). The van der Waals surface area contributed by atoms with Gasteiger partial charge in [0.2, 0.25) is 0 Å². The Hall–Kier alpha value is -2.50. The maximum atomic E-state index is 11.6. The van der Waals surface area contributed by atoms with Crippen molar-refractivity contribution in [1.82, 2.24) is 10.0 Å². The minimum Gasteiger partial charge on any atom is -0.451 e. The molecule has 0 saturated heterocycles. The van der Waals surface area contributed by atoms with Crippen LogP contribution in [0.4, 0.5) is 9.59 Å². The smallest absolute Gasteiger partial charge is 0.433 e. The minimum atomic E-state index is -0.675. The molecule has 1 aromatic rings. The van der Waals surface area contributed by atoms with E-state index in [1.54, 1.807) is 0 Å². The molecule has 1 heterocycles. The molecule has 1 aromatic carbocycles. The number of hydrogen-bond acceptors (Lipinski definition) is 4. The zero-order valence-corrected chi connectivity index (χ0v) is 9.99. The highest BCUT2D eigenvalue weighted by Crippen LogP contribution is 2.07. The van der Waals surface area contributed by atoms with Crippen LogP contribution in [-0.4, -0.2) is 36.4 Å². The fourth-order valence-corrected chi connectivity index (χ4v) is 1.60. The first-order valence-corrected chi connectivity index (χ1v) is 5.20. The fraction of sp³-hybridized carbons (Fsp3) is 0.167. The molecule has 0 radical (unpaired) electrons. The van der Waals surface area contributed by atoms with Crippen LogP contribution in [0.3, 0.4) is 0 Å². The van der Waals surface area contributed by atoms with Crippen LogP contribution in [0, 0.1) is 0 Å². The molecule has 0 bridgehead atoms. The summed E-state index contributed by atoms with van der Waals surface area (Å²) in [5.41, 5.74) is 0. The molecule has 0 unspecified atom stereocenters. The van der Waals surface area contributed by atoms with E-state index in [0.717, 1.165) is 20.5 Å². The number of hydrazine groups is 1. The van der Waals surface area contributed by atoms with E-state index in [4.69, 9.17) is 0 Å². The average Bonchev–Trinajstić information content (AvgIpc) is 2.44. The van der Waals surface area contributed by atoms with E-state index in [1.165, 1.54) is 26.6 Å². The lowest BCUT2D eigenvalue weighted by Gasteiger charge is -2.28. The Balaban J connectivity index is 2.54. The van der Waals surface area contributed by atoms with Gasteiger partial charge < -0.3 is 9.47 Å². The third-order valence-corrected chi connectivity index (χ3v) is 2.47. The Morgan fingerprint density at radius 1 is 0.889 bits per heavy atom. The van der Waals surface area contributed by atoms with Gasteiger partial charge in [-0.25, -0.2) is 9.59 Å².